The third-order valence-electron chi connectivity index (χ3n) is 3.29. The molecule has 0 radical (unpaired) electrons. The number of hydrogen-bond donors (Lipinski definition) is 0. The molecule has 0 fully saturated rings. The van der Waals surface area contributed by atoms with E-state index in [-0.39, 0.29) is 0 Å². The van der Waals surface area contributed by atoms with E-state index in [1.807, 2.05) is 0 Å². The quantitative estimate of drug-likeness (QED) is 0.688. The van der Waals surface area contributed by atoms with E-state index in [0.717, 1.165) is 18.5 Å². The van der Waals surface area contributed by atoms with Crippen molar-refractivity contribution in [3.63, 3.8) is 0 Å². The average Bonchev–Trinajstić information content (AvgIpc) is 2.68. The molecule has 0 aliphatic rings. The molecule has 98 valence electrons. The molecule has 2 nitrogen and oxygen atoms in total. The Labute approximate surface area is 110 Å². The number of nitrogens with zero attached hydrogens (tertiary/aromatic N) is 2. The maximum atomic E-state index is 4.80. The average molecular weight is 244 g/mol. The zero-order valence-corrected chi connectivity index (χ0v) is 11.8. The maximum Gasteiger partial charge on any atom is 0.109 e. The van der Waals surface area contributed by atoms with E-state index < -0.39 is 0 Å². The summed E-state index contributed by atoms with van der Waals surface area (Å²) in [4.78, 5) is 4.80. The van der Waals surface area contributed by atoms with Gasteiger partial charge in [-0.2, -0.15) is 0 Å². The third-order valence-corrected chi connectivity index (χ3v) is 3.29. The zero-order chi connectivity index (χ0) is 13.0. The highest BCUT2D eigenvalue weighted by molar-refractivity contribution is 5.75. The van der Waals surface area contributed by atoms with Crippen molar-refractivity contribution in [2.45, 2.75) is 53.0 Å². The minimum absolute atomic E-state index is 0.660. The topological polar surface area (TPSA) is 17.8 Å². The molecule has 0 N–H and O–H groups in total. The Hall–Kier alpha value is -1.31. The summed E-state index contributed by atoms with van der Waals surface area (Å²) >= 11 is 0. The van der Waals surface area contributed by atoms with Crippen LogP contribution in [0.1, 0.15) is 45.9 Å². The molecule has 0 saturated carbocycles. The first-order chi connectivity index (χ1) is 8.72. The first-order valence-electron chi connectivity index (χ1n) is 7.16. The van der Waals surface area contributed by atoms with E-state index in [2.05, 4.69) is 49.6 Å². The monoisotopic (exact) mass is 244 g/mol. The minimum atomic E-state index is 0.660. The van der Waals surface area contributed by atoms with Gasteiger partial charge in [-0.05, 0) is 24.5 Å². The lowest BCUT2D eigenvalue weighted by Gasteiger charge is -2.11. The molecule has 0 atom stereocenters. The summed E-state index contributed by atoms with van der Waals surface area (Å²) in [5, 5.41) is 0. The standard InChI is InChI=1S/C16H24N2/c1-4-5-6-11-16-17-14-9-7-8-10-15(14)18(16)12-13(2)3/h7-10,13H,4-6,11-12H2,1-3H3. The van der Waals surface area contributed by atoms with Crippen molar-refractivity contribution in [2.75, 3.05) is 0 Å². The SMILES string of the molecule is CCCCCc1nc2ccccc2n1CC(C)C. The van der Waals surface area contributed by atoms with Crippen molar-refractivity contribution in [1.82, 2.24) is 9.55 Å². The van der Waals surface area contributed by atoms with Gasteiger partial charge >= 0.3 is 0 Å². The molecule has 0 aliphatic carbocycles. The normalized spacial score (nSPS) is 11.6. The summed E-state index contributed by atoms with van der Waals surface area (Å²) < 4.78 is 2.41. The van der Waals surface area contributed by atoms with Crippen molar-refractivity contribution >= 4 is 11.0 Å². The van der Waals surface area contributed by atoms with Crippen molar-refractivity contribution in [3.05, 3.63) is 30.1 Å². The van der Waals surface area contributed by atoms with Crippen molar-refractivity contribution in [3.8, 4) is 0 Å². The molecule has 1 aromatic carbocycles. The van der Waals surface area contributed by atoms with Gasteiger partial charge in [0.15, 0.2) is 0 Å². The zero-order valence-electron chi connectivity index (χ0n) is 11.8. The van der Waals surface area contributed by atoms with Gasteiger partial charge in [-0.25, -0.2) is 4.98 Å². The minimum Gasteiger partial charge on any atom is -0.328 e. The van der Waals surface area contributed by atoms with Crippen LogP contribution < -0.4 is 0 Å². The number of rotatable bonds is 6. The Kier molecular flexibility index (Phi) is 4.40. The fourth-order valence-electron chi connectivity index (χ4n) is 2.42. The van der Waals surface area contributed by atoms with Gasteiger partial charge in [0.2, 0.25) is 0 Å². The summed E-state index contributed by atoms with van der Waals surface area (Å²) in [6.45, 7) is 7.86. The molecule has 2 heteroatoms. The number of imidazole rings is 1. The predicted molar refractivity (Wildman–Crippen MR) is 77.8 cm³/mol. The summed E-state index contributed by atoms with van der Waals surface area (Å²) in [5.74, 6) is 1.92. The number of para-hydroxylation sites is 2. The summed E-state index contributed by atoms with van der Waals surface area (Å²) in [6, 6.07) is 8.49. The lowest BCUT2D eigenvalue weighted by molar-refractivity contribution is 0.511. The molecule has 0 aliphatic heterocycles. The highest BCUT2D eigenvalue weighted by Gasteiger charge is 2.10. The second kappa shape index (κ2) is 6.03. The van der Waals surface area contributed by atoms with Crippen LogP contribution in [-0.4, -0.2) is 9.55 Å². The van der Waals surface area contributed by atoms with E-state index in [4.69, 9.17) is 4.98 Å². The fourth-order valence-corrected chi connectivity index (χ4v) is 2.42. The number of aryl methyl sites for hydroxylation is 1. The molecule has 2 rings (SSSR count). The molecule has 0 unspecified atom stereocenters. The lowest BCUT2D eigenvalue weighted by atomic mass is 10.2. The molecular weight excluding hydrogens is 220 g/mol. The van der Waals surface area contributed by atoms with E-state index in [1.54, 1.807) is 0 Å². The van der Waals surface area contributed by atoms with Crippen molar-refractivity contribution in [2.24, 2.45) is 5.92 Å². The van der Waals surface area contributed by atoms with Crippen LogP contribution in [0, 0.1) is 5.92 Å². The molecule has 2 aromatic rings. The van der Waals surface area contributed by atoms with Crippen molar-refractivity contribution < 1.29 is 0 Å². The Morgan fingerprint density at radius 1 is 1.17 bits per heavy atom. The van der Waals surface area contributed by atoms with E-state index in [0.29, 0.717) is 5.92 Å². The Morgan fingerprint density at radius 3 is 2.67 bits per heavy atom. The number of hydrogen-bond acceptors (Lipinski definition) is 1. The molecular formula is C16H24N2. The summed E-state index contributed by atoms with van der Waals surface area (Å²) in [7, 11) is 0. The van der Waals surface area contributed by atoms with Crippen LogP contribution in [0.3, 0.4) is 0 Å². The Morgan fingerprint density at radius 2 is 1.94 bits per heavy atom. The van der Waals surface area contributed by atoms with Gasteiger partial charge in [0.1, 0.15) is 5.82 Å². The molecule has 0 amide bonds. The van der Waals surface area contributed by atoms with Crippen LogP contribution in [-0.2, 0) is 13.0 Å². The smallest absolute Gasteiger partial charge is 0.109 e. The van der Waals surface area contributed by atoms with Gasteiger partial charge in [-0.15, -0.1) is 0 Å². The molecule has 1 heterocycles. The third kappa shape index (κ3) is 2.92. The van der Waals surface area contributed by atoms with Crippen LogP contribution in [0.15, 0.2) is 24.3 Å². The van der Waals surface area contributed by atoms with Gasteiger partial charge in [0, 0.05) is 13.0 Å². The van der Waals surface area contributed by atoms with Gasteiger partial charge in [-0.3, -0.25) is 0 Å². The summed E-state index contributed by atoms with van der Waals surface area (Å²) in [5.41, 5.74) is 2.43. The fraction of sp³-hybridized carbons (Fsp3) is 0.562. The van der Waals surface area contributed by atoms with Crippen LogP contribution in [0.4, 0.5) is 0 Å². The highest BCUT2D eigenvalue weighted by atomic mass is 15.1. The Bertz CT molecular complexity index is 497. The number of fused-ring (bicyclic) bond motifs is 1. The van der Waals surface area contributed by atoms with Crippen molar-refractivity contribution in [1.29, 1.82) is 0 Å². The van der Waals surface area contributed by atoms with Gasteiger partial charge in [0.25, 0.3) is 0 Å². The van der Waals surface area contributed by atoms with Crippen LogP contribution in [0.5, 0.6) is 0 Å². The number of unbranched alkanes of at least 4 members (excludes halogenated alkanes) is 2. The molecule has 0 spiro atoms. The molecule has 0 bridgehead atoms. The summed E-state index contributed by atoms with van der Waals surface area (Å²) in [6.07, 6.45) is 4.92. The van der Waals surface area contributed by atoms with E-state index in [9.17, 15) is 0 Å². The Balaban J connectivity index is 2.30. The molecule has 1 aromatic heterocycles. The van der Waals surface area contributed by atoms with E-state index in [1.165, 1.54) is 30.6 Å². The molecule has 18 heavy (non-hydrogen) atoms. The lowest BCUT2D eigenvalue weighted by Crippen LogP contribution is -2.08. The van der Waals surface area contributed by atoms with Crippen LogP contribution in [0.25, 0.3) is 11.0 Å². The van der Waals surface area contributed by atoms with Gasteiger partial charge < -0.3 is 4.57 Å². The van der Waals surface area contributed by atoms with Gasteiger partial charge in [-0.1, -0.05) is 45.7 Å². The highest BCUT2D eigenvalue weighted by Crippen LogP contribution is 2.19. The first kappa shape index (κ1) is 13.1. The van der Waals surface area contributed by atoms with Crippen LogP contribution >= 0.6 is 0 Å². The van der Waals surface area contributed by atoms with E-state index >= 15 is 0 Å². The second-order valence-electron chi connectivity index (χ2n) is 5.48. The largest absolute Gasteiger partial charge is 0.328 e. The number of benzene rings is 1. The molecule has 0 saturated heterocycles. The van der Waals surface area contributed by atoms with Gasteiger partial charge in [0.05, 0.1) is 11.0 Å². The second-order valence-corrected chi connectivity index (χ2v) is 5.48. The van der Waals surface area contributed by atoms with Crippen LogP contribution in [0.2, 0.25) is 0 Å². The first-order valence-corrected chi connectivity index (χ1v) is 7.16. The predicted octanol–water partition coefficient (Wildman–Crippen LogP) is 4.43. The maximum absolute atomic E-state index is 4.80. The number of aromatic nitrogens is 2.